The number of hydrogen-bond donors (Lipinski definition) is 1. The Morgan fingerprint density at radius 1 is 0.976 bits per heavy atom. The largest absolute Gasteiger partial charge is 0.439 e. The van der Waals surface area contributed by atoms with Gasteiger partial charge in [-0.3, -0.25) is 19.7 Å². The molecular formula is C28H26FN5O6S. The molecular weight excluding hydrogens is 553 g/mol. The van der Waals surface area contributed by atoms with E-state index in [1.165, 1.54) is 27.4 Å². The molecule has 212 valence electrons. The fourth-order valence-electron chi connectivity index (χ4n) is 5.42. The van der Waals surface area contributed by atoms with Gasteiger partial charge in [0.15, 0.2) is 0 Å². The van der Waals surface area contributed by atoms with Gasteiger partial charge in [-0.25, -0.2) is 17.8 Å². The number of nitrogens with one attached hydrogen (secondary N) is 1. The summed E-state index contributed by atoms with van der Waals surface area (Å²) in [5.74, 6) is -1.14. The van der Waals surface area contributed by atoms with Crippen molar-refractivity contribution in [1.29, 1.82) is 0 Å². The summed E-state index contributed by atoms with van der Waals surface area (Å²) in [7, 11) is -3.79. The number of piperidine rings is 1. The number of hydrogen-bond acceptors (Lipinski definition) is 8. The quantitative estimate of drug-likeness (QED) is 0.441. The molecule has 3 aromatic rings. The van der Waals surface area contributed by atoms with Gasteiger partial charge in [0.25, 0.3) is 5.91 Å². The zero-order chi connectivity index (χ0) is 28.7. The normalized spacial score (nSPS) is 19.7. The van der Waals surface area contributed by atoms with Crippen molar-refractivity contribution in [3.05, 3.63) is 77.7 Å². The molecule has 2 saturated heterocycles. The summed E-state index contributed by atoms with van der Waals surface area (Å²) in [4.78, 5) is 44.6. The highest BCUT2D eigenvalue weighted by Gasteiger charge is 2.41. The van der Waals surface area contributed by atoms with E-state index in [0.717, 1.165) is 6.07 Å². The lowest BCUT2D eigenvalue weighted by atomic mass is 10.0. The van der Waals surface area contributed by atoms with Gasteiger partial charge in [-0.1, -0.05) is 6.07 Å². The average Bonchev–Trinajstić information content (AvgIpc) is 3.29. The van der Waals surface area contributed by atoms with Crippen molar-refractivity contribution in [2.75, 3.05) is 31.1 Å². The van der Waals surface area contributed by atoms with E-state index in [1.54, 1.807) is 36.5 Å². The maximum atomic E-state index is 14.7. The van der Waals surface area contributed by atoms with Crippen LogP contribution in [0.5, 0.6) is 11.6 Å². The van der Waals surface area contributed by atoms with Gasteiger partial charge in [-0.05, 0) is 48.9 Å². The molecule has 0 aliphatic carbocycles. The van der Waals surface area contributed by atoms with Crippen LogP contribution in [0.4, 0.5) is 10.1 Å². The number of anilines is 1. The fraction of sp³-hybridized carbons (Fsp3) is 0.286. The summed E-state index contributed by atoms with van der Waals surface area (Å²) in [6.07, 6.45) is 1.92. The van der Waals surface area contributed by atoms with E-state index in [0.29, 0.717) is 22.9 Å². The molecule has 3 aliphatic heterocycles. The molecule has 6 rings (SSSR count). The number of sulfonamides is 1. The first-order valence-corrected chi connectivity index (χ1v) is 14.6. The van der Waals surface area contributed by atoms with Crippen LogP contribution < -0.4 is 15.0 Å². The van der Waals surface area contributed by atoms with E-state index in [9.17, 15) is 27.2 Å². The van der Waals surface area contributed by atoms with Gasteiger partial charge in [0.05, 0.1) is 4.90 Å². The third-order valence-electron chi connectivity index (χ3n) is 7.50. The van der Waals surface area contributed by atoms with E-state index < -0.39 is 33.7 Å². The number of amides is 3. The highest BCUT2D eigenvalue weighted by molar-refractivity contribution is 7.89. The smallest absolute Gasteiger partial charge is 0.255 e. The Hall–Kier alpha value is -4.36. The van der Waals surface area contributed by atoms with Gasteiger partial charge in [-0.2, -0.15) is 4.31 Å². The van der Waals surface area contributed by atoms with Crippen LogP contribution in [-0.4, -0.2) is 72.5 Å². The minimum atomic E-state index is -3.79. The molecule has 0 saturated carbocycles. The van der Waals surface area contributed by atoms with E-state index >= 15 is 0 Å². The molecule has 11 nitrogen and oxygen atoms in total. The van der Waals surface area contributed by atoms with Gasteiger partial charge < -0.3 is 14.5 Å². The minimum Gasteiger partial charge on any atom is -0.439 e. The Morgan fingerprint density at radius 3 is 2.41 bits per heavy atom. The number of imide groups is 1. The van der Waals surface area contributed by atoms with Gasteiger partial charge >= 0.3 is 0 Å². The van der Waals surface area contributed by atoms with Crippen LogP contribution in [0.1, 0.15) is 28.8 Å². The number of aromatic nitrogens is 1. The van der Waals surface area contributed by atoms with E-state index in [2.05, 4.69) is 10.3 Å². The first-order valence-electron chi connectivity index (χ1n) is 13.1. The molecule has 2 aromatic carbocycles. The van der Waals surface area contributed by atoms with Crippen molar-refractivity contribution in [3.8, 4) is 11.6 Å². The number of pyridine rings is 1. The Balaban J connectivity index is 1.15. The summed E-state index contributed by atoms with van der Waals surface area (Å²) in [6.45, 7) is 0.974. The maximum absolute atomic E-state index is 14.7. The van der Waals surface area contributed by atoms with Crippen molar-refractivity contribution in [3.63, 3.8) is 0 Å². The zero-order valence-corrected chi connectivity index (χ0v) is 22.6. The summed E-state index contributed by atoms with van der Waals surface area (Å²) in [5, 5.41) is 2.26. The molecule has 0 spiro atoms. The zero-order valence-electron chi connectivity index (χ0n) is 21.8. The monoisotopic (exact) mass is 579 g/mol. The number of benzene rings is 2. The fourth-order valence-corrected chi connectivity index (χ4v) is 6.84. The van der Waals surface area contributed by atoms with Crippen molar-refractivity contribution in [2.24, 2.45) is 0 Å². The van der Waals surface area contributed by atoms with Gasteiger partial charge in [0, 0.05) is 68.2 Å². The second-order valence-electron chi connectivity index (χ2n) is 9.98. The first-order chi connectivity index (χ1) is 19.7. The lowest BCUT2D eigenvalue weighted by molar-refractivity contribution is -0.136. The molecule has 2 fully saturated rings. The molecule has 1 N–H and O–H groups in total. The number of ether oxygens (including phenoxy) is 1. The molecule has 0 bridgehead atoms. The SMILES string of the molecule is O=C1CCC(N2Cc3c(cc(F)cc3N3CCN(S(=O)(=O)c4ccc(Oc5ccccn5)cc4)CC3)C2=O)C(=O)N1. The van der Waals surface area contributed by atoms with Crippen LogP contribution in [0.3, 0.4) is 0 Å². The topological polar surface area (TPSA) is 129 Å². The summed E-state index contributed by atoms with van der Waals surface area (Å²) in [6, 6.07) is 13.0. The van der Waals surface area contributed by atoms with Gasteiger partial charge in [0.1, 0.15) is 17.6 Å². The molecule has 1 atom stereocenters. The summed E-state index contributed by atoms with van der Waals surface area (Å²) in [5.41, 5.74) is 1.25. The molecule has 41 heavy (non-hydrogen) atoms. The maximum Gasteiger partial charge on any atom is 0.255 e. The van der Waals surface area contributed by atoms with E-state index in [-0.39, 0.29) is 61.9 Å². The average molecular weight is 580 g/mol. The number of carbonyl (C=O) groups excluding carboxylic acids is 3. The van der Waals surface area contributed by atoms with Crippen LogP contribution in [0, 0.1) is 5.82 Å². The summed E-state index contributed by atoms with van der Waals surface area (Å²) >= 11 is 0. The minimum absolute atomic E-state index is 0.0987. The molecule has 1 unspecified atom stereocenters. The Morgan fingerprint density at radius 2 is 1.73 bits per heavy atom. The van der Waals surface area contributed by atoms with Crippen LogP contribution in [-0.2, 0) is 26.2 Å². The second kappa shape index (κ2) is 10.6. The van der Waals surface area contributed by atoms with Gasteiger partial charge in [-0.15, -0.1) is 0 Å². The molecule has 1 aromatic heterocycles. The van der Waals surface area contributed by atoms with Gasteiger partial charge in [0.2, 0.25) is 27.7 Å². The Kier molecular flexibility index (Phi) is 6.91. The van der Waals surface area contributed by atoms with Crippen LogP contribution in [0.25, 0.3) is 0 Å². The number of fused-ring (bicyclic) bond motifs is 1. The predicted octanol–water partition coefficient (Wildman–Crippen LogP) is 2.28. The standard InChI is InChI=1S/C28H26FN5O6S/c29-18-15-21-22(17-34(28(21)37)23-8-9-25(35)31-27(23)36)24(16-18)32-11-13-33(14-12-32)41(38,39)20-6-4-19(5-7-20)40-26-3-1-2-10-30-26/h1-7,10,15-16,23H,8-9,11-14,17H2,(H,31,35,36). The van der Waals surface area contributed by atoms with Crippen molar-refractivity contribution >= 4 is 33.4 Å². The molecule has 4 heterocycles. The lowest BCUT2D eigenvalue weighted by Gasteiger charge is -2.36. The lowest BCUT2D eigenvalue weighted by Crippen LogP contribution is -2.52. The summed E-state index contributed by atoms with van der Waals surface area (Å²) < 4.78 is 48.4. The Bertz CT molecular complexity index is 1630. The predicted molar refractivity (Wildman–Crippen MR) is 144 cm³/mol. The van der Waals surface area contributed by atoms with Crippen LogP contribution >= 0.6 is 0 Å². The van der Waals surface area contributed by atoms with E-state index in [1.807, 2.05) is 4.90 Å². The molecule has 3 amide bonds. The third-order valence-corrected chi connectivity index (χ3v) is 9.41. The molecule has 13 heteroatoms. The number of nitrogens with zero attached hydrogens (tertiary/aromatic N) is 4. The van der Waals surface area contributed by atoms with Crippen molar-refractivity contribution < 1.29 is 31.9 Å². The highest BCUT2D eigenvalue weighted by Crippen LogP contribution is 2.36. The highest BCUT2D eigenvalue weighted by atomic mass is 32.2. The third kappa shape index (κ3) is 5.13. The van der Waals surface area contributed by atoms with Crippen LogP contribution in [0.2, 0.25) is 0 Å². The van der Waals surface area contributed by atoms with E-state index in [4.69, 9.17) is 4.74 Å². The number of carbonyl (C=O) groups is 3. The van der Waals surface area contributed by atoms with Crippen LogP contribution in [0.15, 0.2) is 65.7 Å². The molecule has 3 aliphatic rings. The van der Waals surface area contributed by atoms with Crippen molar-refractivity contribution in [1.82, 2.24) is 19.5 Å². The Labute approximate surface area is 235 Å². The first kappa shape index (κ1) is 26.8. The number of piperazine rings is 1. The number of halogens is 1. The number of rotatable bonds is 6. The van der Waals surface area contributed by atoms with Crippen molar-refractivity contribution in [2.45, 2.75) is 30.3 Å². The second-order valence-corrected chi connectivity index (χ2v) is 11.9. The molecule has 0 radical (unpaired) electrons.